The Labute approximate surface area is 182 Å². The van der Waals surface area contributed by atoms with Crippen LogP contribution in [0.3, 0.4) is 0 Å². The van der Waals surface area contributed by atoms with Gasteiger partial charge in [-0.2, -0.15) is 0 Å². The van der Waals surface area contributed by atoms with Gasteiger partial charge in [0, 0.05) is 23.1 Å². The molecule has 1 atom stereocenters. The number of nitro groups is 1. The van der Waals surface area contributed by atoms with Crippen molar-refractivity contribution >= 4 is 33.9 Å². The molecule has 0 unspecified atom stereocenters. The van der Waals surface area contributed by atoms with Crippen molar-refractivity contribution in [2.45, 2.75) is 20.0 Å². The molecule has 1 amide bonds. The van der Waals surface area contributed by atoms with Crippen molar-refractivity contribution in [1.82, 2.24) is 0 Å². The Bertz CT molecular complexity index is 1080. The zero-order chi connectivity index (χ0) is 22.4. The number of rotatable bonds is 8. The third kappa shape index (κ3) is 5.26. The number of hydrogen-bond acceptors (Lipinski definition) is 7. The van der Waals surface area contributed by atoms with E-state index in [9.17, 15) is 19.7 Å². The van der Waals surface area contributed by atoms with Crippen LogP contribution < -0.4 is 10.1 Å². The second-order valence-corrected chi connectivity index (χ2v) is 7.32. The molecule has 31 heavy (non-hydrogen) atoms. The fourth-order valence-electron chi connectivity index (χ4n) is 2.80. The molecule has 0 saturated heterocycles. The summed E-state index contributed by atoms with van der Waals surface area (Å²) in [6.45, 7) is 3.47. The maximum absolute atomic E-state index is 12.7. The molecule has 0 fully saturated rings. The SMILES string of the molecule is CCOC(=O)c1c(-c2ccccc2)csc1NC(=O)[C@H](C)Oc1ccc([N+](=O)[O-])cc1. The number of non-ortho nitro benzene ring substituents is 1. The summed E-state index contributed by atoms with van der Waals surface area (Å²) in [7, 11) is 0. The molecule has 8 nitrogen and oxygen atoms in total. The Morgan fingerprint density at radius 3 is 2.42 bits per heavy atom. The molecule has 0 spiro atoms. The van der Waals surface area contributed by atoms with E-state index in [0.717, 1.165) is 5.56 Å². The minimum Gasteiger partial charge on any atom is -0.481 e. The van der Waals surface area contributed by atoms with Crippen molar-refractivity contribution in [1.29, 1.82) is 0 Å². The molecule has 0 saturated carbocycles. The number of hydrogen-bond donors (Lipinski definition) is 1. The van der Waals surface area contributed by atoms with Crippen LogP contribution in [-0.2, 0) is 9.53 Å². The summed E-state index contributed by atoms with van der Waals surface area (Å²) in [4.78, 5) is 35.5. The molecule has 3 rings (SSSR count). The summed E-state index contributed by atoms with van der Waals surface area (Å²) in [6.07, 6.45) is -0.904. The van der Waals surface area contributed by atoms with Gasteiger partial charge >= 0.3 is 5.97 Å². The second kappa shape index (κ2) is 9.86. The van der Waals surface area contributed by atoms with Crippen LogP contribution in [0, 0.1) is 10.1 Å². The van der Waals surface area contributed by atoms with Gasteiger partial charge in [-0.25, -0.2) is 4.79 Å². The summed E-state index contributed by atoms with van der Waals surface area (Å²) in [5.74, 6) is -0.678. The summed E-state index contributed by atoms with van der Waals surface area (Å²) in [5, 5.41) is 15.6. The average molecular weight is 440 g/mol. The van der Waals surface area contributed by atoms with Gasteiger partial charge in [0.15, 0.2) is 6.10 Å². The number of esters is 1. The van der Waals surface area contributed by atoms with Gasteiger partial charge in [-0.1, -0.05) is 30.3 Å². The van der Waals surface area contributed by atoms with Crippen molar-refractivity contribution in [2.24, 2.45) is 0 Å². The zero-order valence-corrected chi connectivity index (χ0v) is 17.7. The van der Waals surface area contributed by atoms with E-state index in [2.05, 4.69) is 5.32 Å². The van der Waals surface area contributed by atoms with E-state index < -0.39 is 22.9 Å². The monoisotopic (exact) mass is 440 g/mol. The molecule has 3 aromatic rings. The quantitative estimate of drug-likeness (QED) is 0.303. The average Bonchev–Trinajstić information content (AvgIpc) is 3.18. The molecule has 0 aliphatic heterocycles. The lowest BCUT2D eigenvalue weighted by atomic mass is 10.0. The van der Waals surface area contributed by atoms with Crippen molar-refractivity contribution in [3.63, 3.8) is 0 Å². The molecule has 0 aliphatic carbocycles. The number of nitrogens with zero attached hydrogens (tertiary/aromatic N) is 1. The van der Waals surface area contributed by atoms with Crippen LogP contribution in [0.5, 0.6) is 5.75 Å². The fourth-order valence-corrected chi connectivity index (χ4v) is 3.76. The van der Waals surface area contributed by atoms with Gasteiger partial charge in [0.1, 0.15) is 16.3 Å². The topological polar surface area (TPSA) is 108 Å². The first-order valence-corrected chi connectivity index (χ1v) is 10.3. The number of anilines is 1. The van der Waals surface area contributed by atoms with E-state index in [1.807, 2.05) is 30.3 Å². The highest BCUT2D eigenvalue weighted by Crippen LogP contribution is 2.36. The first-order chi connectivity index (χ1) is 14.9. The molecular weight excluding hydrogens is 420 g/mol. The van der Waals surface area contributed by atoms with Gasteiger partial charge in [0.2, 0.25) is 0 Å². The highest BCUT2D eigenvalue weighted by Gasteiger charge is 2.25. The summed E-state index contributed by atoms with van der Waals surface area (Å²) >= 11 is 1.22. The van der Waals surface area contributed by atoms with Crippen LogP contribution in [0.1, 0.15) is 24.2 Å². The Hall–Kier alpha value is -3.72. The minimum atomic E-state index is -0.904. The lowest BCUT2D eigenvalue weighted by Gasteiger charge is -2.15. The van der Waals surface area contributed by atoms with Crippen LogP contribution in [0.25, 0.3) is 11.1 Å². The van der Waals surface area contributed by atoms with E-state index in [0.29, 0.717) is 16.3 Å². The van der Waals surface area contributed by atoms with Crippen LogP contribution in [0.4, 0.5) is 10.7 Å². The Kier molecular flexibility index (Phi) is 6.99. The number of carbonyl (C=O) groups is 2. The highest BCUT2D eigenvalue weighted by atomic mass is 32.1. The maximum atomic E-state index is 12.7. The van der Waals surface area contributed by atoms with E-state index in [1.54, 1.807) is 19.2 Å². The highest BCUT2D eigenvalue weighted by molar-refractivity contribution is 7.15. The lowest BCUT2D eigenvalue weighted by molar-refractivity contribution is -0.384. The van der Waals surface area contributed by atoms with Crippen molar-refractivity contribution in [3.05, 3.63) is 75.7 Å². The van der Waals surface area contributed by atoms with Crippen molar-refractivity contribution < 1.29 is 24.0 Å². The minimum absolute atomic E-state index is 0.0736. The smallest absolute Gasteiger partial charge is 0.341 e. The predicted molar refractivity (Wildman–Crippen MR) is 118 cm³/mol. The number of thiophene rings is 1. The number of amides is 1. The van der Waals surface area contributed by atoms with Gasteiger partial charge in [-0.05, 0) is 31.5 Å². The molecule has 0 aliphatic rings. The second-order valence-electron chi connectivity index (χ2n) is 6.44. The van der Waals surface area contributed by atoms with E-state index in [-0.39, 0.29) is 17.9 Å². The standard InChI is InChI=1S/C22H20N2O6S/c1-3-29-22(26)19-18(15-7-5-4-6-8-15)13-31-21(19)23-20(25)14(2)30-17-11-9-16(10-12-17)24(27)28/h4-14H,3H2,1-2H3,(H,23,25)/t14-/m0/s1. The molecule has 1 N–H and O–H groups in total. The number of ether oxygens (including phenoxy) is 2. The molecule has 2 aromatic carbocycles. The molecule has 0 bridgehead atoms. The van der Waals surface area contributed by atoms with Gasteiger partial charge < -0.3 is 14.8 Å². The molecule has 160 valence electrons. The Morgan fingerprint density at radius 1 is 1.13 bits per heavy atom. The fraction of sp³-hybridized carbons (Fsp3) is 0.182. The third-order valence-electron chi connectivity index (χ3n) is 4.32. The van der Waals surface area contributed by atoms with Crippen LogP contribution >= 0.6 is 11.3 Å². The number of nitrogens with one attached hydrogen (secondary N) is 1. The van der Waals surface area contributed by atoms with Gasteiger partial charge in [0.25, 0.3) is 11.6 Å². The molecule has 1 aromatic heterocycles. The normalized spacial score (nSPS) is 11.4. The maximum Gasteiger partial charge on any atom is 0.341 e. The van der Waals surface area contributed by atoms with Gasteiger partial charge in [0.05, 0.1) is 11.5 Å². The summed E-state index contributed by atoms with van der Waals surface area (Å²) in [6, 6.07) is 14.8. The summed E-state index contributed by atoms with van der Waals surface area (Å²) in [5.41, 5.74) is 1.71. The Morgan fingerprint density at radius 2 is 1.81 bits per heavy atom. The molecular formula is C22H20N2O6S. The van der Waals surface area contributed by atoms with Gasteiger partial charge in [-0.3, -0.25) is 14.9 Å². The van der Waals surface area contributed by atoms with Crippen LogP contribution in [0.2, 0.25) is 0 Å². The van der Waals surface area contributed by atoms with Gasteiger partial charge in [-0.15, -0.1) is 11.3 Å². The number of nitro benzene ring substituents is 1. The Balaban J connectivity index is 1.79. The zero-order valence-electron chi connectivity index (χ0n) is 16.9. The van der Waals surface area contributed by atoms with E-state index in [1.165, 1.54) is 35.6 Å². The first-order valence-electron chi connectivity index (χ1n) is 9.46. The lowest BCUT2D eigenvalue weighted by Crippen LogP contribution is -2.30. The largest absolute Gasteiger partial charge is 0.481 e. The van der Waals surface area contributed by atoms with E-state index in [4.69, 9.17) is 9.47 Å². The predicted octanol–water partition coefficient (Wildman–Crippen LogP) is 4.91. The molecule has 1 heterocycles. The molecule has 0 radical (unpaired) electrons. The summed E-state index contributed by atoms with van der Waals surface area (Å²) < 4.78 is 10.8. The van der Waals surface area contributed by atoms with Crippen LogP contribution in [-0.4, -0.2) is 29.5 Å². The van der Waals surface area contributed by atoms with Crippen LogP contribution in [0.15, 0.2) is 60.0 Å². The van der Waals surface area contributed by atoms with E-state index >= 15 is 0 Å². The van der Waals surface area contributed by atoms with Crippen molar-refractivity contribution in [2.75, 3.05) is 11.9 Å². The number of benzene rings is 2. The van der Waals surface area contributed by atoms with Crippen molar-refractivity contribution in [3.8, 4) is 16.9 Å². The molecule has 9 heteroatoms. The third-order valence-corrected chi connectivity index (χ3v) is 5.22. The number of carbonyl (C=O) groups excluding carboxylic acids is 2. The first kappa shape index (κ1) is 22.0.